The van der Waals surface area contributed by atoms with E-state index in [1.54, 1.807) is 24.3 Å². The van der Waals surface area contributed by atoms with Crippen LogP contribution >= 0.6 is 0 Å². The first kappa shape index (κ1) is 19.3. The van der Waals surface area contributed by atoms with E-state index in [-0.39, 0.29) is 11.3 Å². The maximum Gasteiger partial charge on any atom is 0.122 e. The van der Waals surface area contributed by atoms with Gasteiger partial charge in [0, 0.05) is 12.1 Å². The fraction of sp³-hybridized carbons (Fsp3) is 0.429. The van der Waals surface area contributed by atoms with Crippen LogP contribution in [0, 0.1) is 0 Å². The Morgan fingerprint density at radius 2 is 1.76 bits per heavy atom. The molecule has 2 aromatic carbocycles. The lowest BCUT2D eigenvalue weighted by Crippen LogP contribution is -2.42. The summed E-state index contributed by atoms with van der Waals surface area (Å²) < 4.78 is 5.69. The highest BCUT2D eigenvalue weighted by atomic mass is 16.5. The van der Waals surface area contributed by atoms with Crippen molar-refractivity contribution in [3.8, 4) is 11.5 Å². The number of aliphatic hydroxyl groups excluding tert-OH is 1. The molecule has 0 heterocycles. The zero-order valence-corrected chi connectivity index (χ0v) is 15.3. The molecule has 25 heavy (non-hydrogen) atoms. The van der Waals surface area contributed by atoms with Gasteiger partial charge < -0.3 is 20.3 Å². The van der Waals surface area contributed by atoms with E-state index in [9.17, 15) is 10.2 Å². The number of benzene rings is 2. The lowest BCUT2D eigenvalue weighted by atomic mass is 9.94. The molecule has 2 rings (SSSR count). The number of hydrogen-bond acceptors (Lipinski definition) is 4. The molecule has 0 aromatic heterocycles. The molecular weight excluding hydrogens is 314 g/mol. The maximum atomic E-state index is 10.3. The Balaban J connectivity index is 1.88. The summed E-state index contributed by atoms with van der Waals surface area (Å²) in [5.74, 6) is 1.15. The summed E-state index contributed by atoms with van der Waals surface area (Å²) in [6.45, 7) is 7.40. The van der Waals surface area contributed by atoms with Crippen molar-refractivity contribution in [3.63, 3.8) is 0 Å². The number of phenolic OH excluding ortho intramolecular Hbond substituents is 1. The summed E-state index contributed by atoms with van der Waals surface area (Å²) in [5, 5.41) is 23.1. The van der Waals surface area contributed by atoms with E-state index in [0.717, 1.165) is 24.2 Å². The minimum atomic E-state index is -0.601. The Kier molecular flexibility index (Phi) is 6.85. The van der Waals surface area contributed by atoms with Crippen LogP contribution in [0.3, 0.4) is 0 Å². The molecule has 0 spiro atoms. The van der Waals surface area contributed by atoms with Gasteiger partial charge in [-0.25, -0.2) is 0 Å². The largest absolute Gasteiger partial charge is 0.508 e. The molecule has 1 unspecified atom stereocenters. The smallest absolute Gasteiger partial charge is 0.122 e. The fourth-order valence-corrected chi connectivity index (χ4v) is 2.73. The summed E-state index contributed by atoms with van der Waals surface area (Å²) in [6, 6.07) is 14.8. The van der Waals surface area contributed by atoms with E-state index < -0.39 is 6.10 Å². The third-order valence-corrected chi connectivity index (χ3v) is 4.34. The van der Waals surface area contributed by atoms with Crippen LogP contribution < -0.4 is 10.1 Å². The fourth-order valence-electron chi connectivity index (χ4n) is 2.73. The Labute approximate surface area is 150 Å². The van der Waals surface area contributed by atoms with Crippen LogP contribution in [0.15, 0.2) is 48.5 Å². The van der Waals surface area contributed by atoms with Crippen LogP contribution in [0.25, 0.3) is 0 Å². The molecule has 2 aromatic rings. The second-order valence-electron chi connectivity index (χ2n) is 6.91. The van der Waals surface area contributed by atoms with Crippen molar-refractivity contribution < 1.29 is 14.9 Å². The van der Waals surface area contributed by atoms with Crippen molar-refractivity contribution in [1.82, 2.24) is 5.32 Å². The van der Waals surface area contributed by atoms with Crippen LogP contribution in [-0.2, 0) is 6.42 Å². The molecule has 0 fully saturated rings. The molecule has 1 atom stereocenters. The molecule has 0 aliphatic heterocycles. The predicted octanol–water partition coefficient (Wildman–Crippen LogP) is 3.83. The number of para-hydroxylation sites is 1. The molecule has 0 radical (unpaired) electrons. The molecule has 4 nitrogen and oxygen atoms in total. The van der Waals surface area contributed by atoms with Crippen molar-refractivity contribution >= 4 is 0 Å². The molecule has 0 saturated carbocycles. The van der Waals surface area contributed by atoms with Crippen LogP contribution in [-0.4, -0.2) is 28.9 Å². The molecule has 0 aliphatic rings. The highest BCUT2D eigenvalue weighted by Crippen LogP contribution is 2.23. The minimum absolute atomic E-state index is 0.114. The van der Waals surface area contributed by atoms with E-state index in [4.69, 9.17) is 4.74 Å². The Morgan fingerprint density at radius 3 is 2.44 bits per heavy atom. The molecule has 136 valence electrons. The van der Waals surface area contributed by atoms with Gasteiger partial charge in [0.15, 0.2) is 0 Å². The van der Waals surface area contributed by atoms with Gasteiger partial charge >= 0.3 is 0 Å². The van der Waals surface area contributed by atoms with E-state index in [2.05, 4.69) is 25.2 Å². The summed E-state index contributed by atoms with van der Waals surface area (Å²) in [6.07, 6.45) is 1.24. The number of β-amino-alcohol motifs (C(OH)–C–C–N with tert-alkyl or cyclic N) is 1. The van der Waals surface area contributed by atoms with Gasteiger partial charge in [0.25, 0.3) is 0 Å². The molecule has 0 aliphatic carbocycles. The topological polar surface area (TPSA) is 61.7 Å². The molecule has 0 bridgehead atoms. The van der Waals surface area contributed by atoms with Gasteiger partial charge in [0.05, 0.1) is 12.7 Å². The molecular formula is C21H29NO3. The zero-order chi connectivity index (χ0) is 18.3. The SMILES string of the molecule is CCOc1ccccc1CCC(C)(C)NCC(O)c1ccc(O)cc1. The standard InChI is InChI=1S/C21H29NO3/c1-4-25-20-8-6-5-7-17(20)13-14-21(2,3)22-15-19(24)16-9-11-18(23)12-10-16/h5-12,19,22-24H,4,13-15H2,1-3H3. The van der Waals surface area contributed by atoms with E-state index in [0.29, 0.717) is 13.2 Å². The van der Waals surface area contributed by atoms with Gasteiger partial charge in [-0.05, 0) is 62.9 Å². The molecule has 0 amide bonds. The summed E-state index contributed by atoms with van der Waals surface area (Å²) in [5.41, 5.74) is 1.89. The van der Waals surface area contributed by atoms with Crippen LogP contribution in [0.4, 0.5) is 0 Å². The first-order valence-electron chi connectivity index (χ1n) is 8.84. The van der Waals surface area contributed by atoms with Crippen LogP contribution in [0.1, 0.15) is 44.4 Å². The average molecular weight is 343 g/mol. The zero-order valence-electron chi connectivity index (χ0n) is 15.3. The normalized spacial score (nSPS) is 12.8. The van der Waals surface area contributed by atoms with Gasteiger partial charge in [0.1, 0.15) is 11.5 Å². The maximum absolute atomic E-state index is 10.3. The number of nitrogens with one attached hydrogen (secondary N) is 1. The highest BCUT2D eigenvalue weighted by molar-refractivity contribution is 5.33. The van der Waals surface area contributed by atoms with Gasteiger partial charge in [-0.2, -0.15) is 0 Å². The number of hydrogen-bond donors (Lipinski definition) is 3. The number of aromatic hydroxyl groups is 1. The lowest BCUT2D eigenvalue weighted by molar-refractivity contribution is 0.159. The Hall–Kier alpha value is -2.04. The van der Waals surface area contributed by atoms with Crippen molar-refractivity contribution in [2.24, 2.45) is 0 Å². The number of rotatable bonds is 9. The van der Waals surface area contributed by atoms with Crippen LogP contribution in [0.2, 0.25) is 0 Å². The summed E-state index contributed by atoms with van der Waals surface area (Å²) in [7, 11) is 0. The second kappa shape index (κ2) is 8.88. The number of aliphatic hydroxyl groups is 1. The van der Waals surface area contributed by atoms with E-state index in [1.807, 2.05) is 25.1 Å². The quantitative estimate of drug-likeness (QED) is 0.648. The Morgan fingerprint density at radius 1 is 1.08 bits per heavy atom. The van der Waals surface area contributed by atoms with Gasteiger partial charge in [-0.15, -0.1) is 0 Å². The first-order chi connectivity index (χ1) is 11.9. The van der Waals surface area contributed by atoms with Crippen molar-refractivity contribution in [2.45, 2.75) is 45.3 Å². The summed E-state index contributed by atoms with van der Waals surface area (Å²) in [4.78, 5) is 0. The van der Waals surface area contributed by atoms with Crippen molar-refractivity contribution in [2.75, 3.05) is 13.2 Å². The summed E-state index contributed by atoms with van der Waals surface area (Å²) >= 11 is 0. The van der Waals surface area contributed by atoms with Crippen molar-refractivity contribution in [3.05, 3.63) is 59.7 Å². The Bertz CT molecular complexity index is 652. The third-order valence-electron chi connectivity index (χ3n) is 4.34. The predicted molar refractivity (Wildman–Crippen MR) is 101 cm³/mol. The average Bonchev–Trinajstić information content (AvgIpc) is 2.60. The van der Waals surface area contributed by atoms with E-state index in [1.165, 1.54) is 5.56 Å². The molecule has 4 heteroatoms. The molecule has 0 saturated heterocycles. The minimum Gasteiger partial charge on any atom is -0.508 e. The van der Waals surface area contributed by atoms with Gasteiger partial charge in [-0.1, -0.05) is 30.3 Å². The van der Waals surface area contributed by atoms with Crippen LogP contribution in [0.5, 0.6) is 11.5 Å². The van der Waals surface area contributed by atoms with Gasteiger partial charge in [0.2, 0.25) is 0 Å². The second-order valence-corrected chi connectivity index (χ2v) is 6.91. The number of ether oxygens (including phenoxy) is 1. The third kappa shape index (κ3) is 6.07. The van der Waals surface area contributed by atoms with E-state index >= 15 is 0 Å². The lowest BCUT2D eigenvalue weighted by Gasteiger charge is -2.28. The monoisotopic (exact) mass is 343 g/mol. The van der Waals surface area contributed by atoms with Gasteiger partial charge in [-0.3, -0.25) is 0 Å². The number of aryl methyl sites for hydroxylation is 1. The highest BCUT2D eigenvalue weighted by Gasteiger charge is 2.20. The number of phenols is 1. The van der Waals surface area contributed by atoms with Crippen molar-refractivity contribution in [1.29, 1.82) is 0 Å². The molecule has 3 N–H and O–H groups in total. The first-order valence-corrected chi connectivity index (χ1v) is 8.84.